The molecule has 2 N–H and O–H groups in total. The van der Waals surface area contributed by atoms with E-state index in [4.69, 9.17) is 5.73 Å². The molecule has 0 saturated carbocycles. The second-order valence-corrected chi connectivity index (χ2v) is 6.27. The van der Waals surface area contributed by atoms with Crippen LogP contribution in [-0.4, -0.2) is 16.4 Å². The van der Waals surface area contributed by atoms with Crippen molar-refractivity contribution < 1.29 is 4.39 Å². The van der Waals surface area contributed by atoms with E-state index in [2.05, 4.69) is 32.7 Å². The summed E-state index contributed by atoms with van der Waals surface area (Å²) >= 11 is 4.84. The molecule has 1 heterocycles. The first-order valence-corrected chi connectivity index (χ1v) is 7.56. The molecule has 0 radical (unpaired) electrons. The molecule has 7 heteroatoms. The summed E-state index contributed by atoms with van der Waals surface area (Å²) in [5, 5.41) is 0.569. The lowest BCUT2D eigenvalue weighted by atomic mass is 10.2. The maximum Gasteiger partial charge on any atom is 0.180 e. The Morgan fingerprint density at radius 1 is 1.40 bits per heavy atom. The van der Waals surface area contributed by atoms with Crippen LogP contribution in [-0.2, 0) is 13.1 Å². The van der Waals surface area contributed by atoms with Crippen LogP contribution in [0.1, 0.15) is 17.4 Å². The molecule has 1 aromatic heterocycles. The van der Waals surface area contributed by atoms with E-state index in [9.17, 15) is 4.39 Å². The summed E-state index contributed by atoms with van der Waals surface area (Å²) in [6.45, 7) is 4.20. The molecule has 0 fully saturated rings. The largest absolute Gasteiger partial charge is 0.375 e. The zero-order valence-corrected chi connectivity index (χ0v) is 14.2. The molecule has 110 valence electrons. The first-order chi connectivity index (χ1) is 9.08. The molecule has 3 nitrogen and oxygen atoms in total. The third-order valence-electron chi connectivity index (χ3n) is 2.80. The molecule has 20 heavy (non-hydrogen) atoms. The first-order valence-electron chi connectivity index (χ1n) is 5.95. The van der Waals surface area contributed by atoms with Crippen molar-refractivity contribution >= 4 is 44.8 Å². The zero-order valence-electron chi connectivity index (χ0n) is 11.0. The number of benzene rings is 1. The molecule has 2 aromatic rings. The minimum atomic E-state index is -0.175. The number of hydrogen-bond donors (Lipinski definition) is 1. The molecule has 0 saturated heterocycles. The summed E-state index contributed by atoms with van der Waals surface area (Å²) in [5.74, 6) is -0.175. The minimum absolute atomic E-state index is 0. The van der Waals surface area contributed by atoms with Gasteiger partial charge in [-0.3, -0.25) is 4.90 Å². The Bertz CT molecular complexity index is 564. The summed E-state index contributed by atoms with van der Waals surface area (Å²) in [6.07, 6.45) is 1.78. The second-order valence-electron chi connectivity index (χ2n) is 4.20. The van der Waals surface area contributed by atoms with Gasteiger partial charge in [0.2, 0.25) is 0 Å². The fourth-order valence-electron chi connectivity index (χ4n) is 1.80. The minimum Gasteiger partial charge on any atom is -0.375 e. The topological polar surface area (TPSA) is 42.2 Å². The van der Waals surface area contributed by atoms with E-state index in [0.29, 0.717) is 17.2 Å². The third kappa shape index (κ3) is 4.70. The number of nitrogens with zero attached hydrogens (tertiary/aromatic N) is 2. The quantitative estimate of drug-likeness (QED) is 0.850. The molecule has 0 bridgehead atoms. The van der Waals surface area contributed by atoms with E-state index in [-0.39, 0.29) is 18.2 Å². The standard InChI is InChI=1S/C13H15BrFN3S.ClH/c1-2-18(8-11-6-17-13(16)19-11)7-9-5-10(14)3-4-12(9)15;/h3-6H,2,7-8H2,1H3,(H2,16,17);1H. The monoisotopic (exact) mass is 379 g/mol. The van der Waals surface area contributed by atoms with Crippen LogP contribution in [0.25, 0.3) is 0 Å². The number of nitrogens with two attached hydrogens (primary N) is 1. The molecule has 0 atom stereocenters. The normalized spacial score (nSPS) is 10.6. The summed E-state index contributed by atoms with van der Waals surface area (Å²) in [5.41, 5.74) is 6.30. The molecule has 0 aliphatic rings. The van der Waals surface area contributed by atoms with Gasteiger partial charge in [-0.2, -0.15) is 0 Å². The van der Waals surface area contributed by atoms with Gasteiger partial charge in [-0.25, -0.2) is 9.37 Å². The van der Waals surface area contributed by atoms with Gasteiger partial charge in [0.25, 0.3) is 0 Å². The average molecular weight is 381 g/mol. The number of nitrogen functional groups attached to an aromatic ring is 1. The van der Waals surface area contributed by atoms with Crippen molar-refractivity contribution in [2.45, 2.75) is 20.0 Å². The Morgan fingerprint density at radius 2 is 2.15 bits per heavy atom. The lowest BCUT2D eigenvalue weighted by Crippen LogP contribution is -2.22. The van der Waals surface area contributed by atoms with E-state index < -0.39 is 0 Å². The van der Waals surface area contributed by atoms with E-state index >= 15 is 0 Å². The van der Waals surface area contributed by atoms with Crippen LogP contribution < -0.4 is 5.73 Å². The summed E-state index contributed by atoms with van der Waals surface area (Å²) in [6, 6.07) is 5.01. The van der Waals surface area contributed by atoms with Crippen LogP contribution in [0.4, 0.5) is 9.52 Å². The van der Waals surface area contributed by atoms with Gasteiger partial charge in [0, 0.05) is 34.2 Å². The number of hydrogen-bond acceptors (Lipinski definition) is 4. The van der Waals surface area contributed by atoms with Gasteiger partial charge in [-0.1, -0.05) is 22.9 Å². The van der Waals surface area contributed by atoms with E-state index in [1.165, 1.54) is 17.4 Å². The average Bonchev–Trinajstić information content (AvgIpc) is 2.78. The van der Waals surface area contributed by atoms with E-state index in [1.807, 2.05) is 6.07 Å². The smallest absolute Gasteiger partial charge is 0.180 e. The van der Waals surface area contributed by atoms with Crippen LogP contribution in [0.5, 0.6) is 0 Å². The Labute approximate surface area is 136 Å². The highest BCUT2D eigenvalue weighted by atomic mass is 79.9. The van der Waals surface area contributed by atoms with Crippen molar-refractivity contribution in [3.8, 4) is 0 Å². The van der Waals surface area contributed by atoms with Crippen molar-refractivity contribution in [3.63, 3.8) is 0 Å². The van der Waals surface area contributed by atoms with Gasteiger partial charge < -0.3 is 5.73 Å². The Hall–Kier alpha value is -0.690. The molecule has 0 aliphatic carbocycles. The van der Waals surface area contributed by atoms with Gasteiger partial charge >= 0.3 is 0 Å². The Kier molecular flexibility index (Phi) is 6.88. The molecule has 0 unspecified atom stereocenters. The molecule has 0 amide bonds. The number of anilines is 1. The maximum absolute atomic E-state index is 13.7. The van der Waals surface area contributed by atoms with Crippen molar-refractivity contribution in [2.24, 2.45) is 0 Å². The van der Waals surface area contributed by atoms with Gasteiger partial charge in [0.1, 0.15) is 5.82 Å². The summed E-state index contributed by atoms with van der Waals surface area (Å²) in [7, 11) is 0. The predicted octanol–water partition coefficient (Wildman–Crippen LogP) is 4.07. The van der Waals surface area contributed by atoms with Gasteiger partial charge in [-0.15, -0.1) is 23.7 Å². The fraction of sp³-hybridized carbons (Fsp3) is 0.308. The fourth-order valence-corrected chi connectivity index (χ4v) is 2.94. The number of aromatic nitrogens is 1. The highest BCUT2D eigenvalue weighted by Crippen LogP contribution is 2.20. The van der Waals surface area contributed by atoms with Gasteiger partial charge in [-0.05, 0) is 24.7 Å². The summed E-state index contributed by atoms with van der Waals surface area (Å²) < 4.78 is 14.6. The molecular formula is C13H16BrClFN3S. The van der Waals surface area contributed by atoms with Crippen molar-refractivity contribution in [1.82, 2.24) is 9.88 Å². The highest BCUT2D eigenvalue weighted by molar-refractivity contribution is 9.10. The molecule has 0 spiro atoms. The SMILES string of the molecule is CCN(Cc1cnc(N)s1)Cc1cc(Br)ccc1F.Cl. The number of halogens is 3. The lowest BCUT2D eigenvalue weighted by molar-refractivity contribution is 0.269. The highest BCUT2D eigenvalue weighted by Gasteiger charge is 2.10. The molecule has 1 aromatic carbocycles. The first kappa shape index (κ1) is 17.4. The number of rotatable bonds is 5. The van der Waals surface area contributed by atoms with E-state index in [0.717, 1.165) is 22.4 Å². The third-order valence-corrected chi connectivity index (χ3v) is 4.10. The van der Waals surface area contributed by atoms with Crippen LogP contribution in [0, 0.1) is 5.82 Å². The molecule has 0 aliphatic heterocycles. The lowest BCUT2D eigenvalue weighted by Gasteiger charge is -2.19. The van der Waals surface area contributed by atoms with Gasteiger partial charge in [0.05, 0.1) is 0 Å². The van der Waals surface area contributed by atoms with Crippen molar-refractivity contribution in [3.05, 3.63) is 45.1 Å². The Morgan fingerprint density at radius 3 is 2.75 bits per heavy atom. The van der Waals surface area contributed by atoms with Crippen LogP contribution >= 0.6 is 39.7 Å². The van der Waals surface area contributed by atoms with Crippen molar-refractivity contribution in [1.29, 1.82) is 0 Å². The Balaban J connectivity index is 0.00000200. The van der Waals surface area contributed by atoms with Crippen LogP contribution in [0.15, 0.2) is 28.9 Å². The maximum atomic E-state index is 13.7. The van der Waals surface area contributed by atoms with E-state index in [1.54, 1.807) is 12.3 Å². The second kappa shape index (κ2) is 7.93. The zero-order chi connectivity index (χ0) is 13.8. The number of thiazole rings is 1. The van der Waals surface area contributed by atoms with Gasteiger partial charge in [0.15, 0.2) is 5.13 Å². The van der Waals surface area contributed by atoms with Crippen LogP contribution in [0.2, 0.25) is 0 Å². The molecular weight excluding hydrogens is 365 g/mol. The van der Waals surface area contributed by atoms with Crippen LogP contribution in [0.3, 0.4) is 0 Å². The van der Waals surface area contributed by atoms with Crippen molar-refractivity contribution in [2.75, 3.05) is 12.3 Å². The molecule has 2 rings (SSSR count). The summed E-state index contributed by atoms with van der Waals surface area (Å²) in [4.78, 5) is 7.27. The predicted molar refractivity (Wildman–Crippen MR) is 87.7 cm³/mol.